The minimum atomic E-state index is 1.02. The monoisotopic (exact) mass is 361 g/mol. The van der Waals surface area contributed by atoms with Crippen LogP contribution >= 0.6 is 31.9 Å². The highest BCUT2D eigenvalue weighted by atomic mass is 79.9. The van der Waals surface area contributed by atoms with E-state index in [1.54, 1.807) is 0 Å². The quantitative estimate of drug-likeness (QED) is 0.404. The third kappa shape index (κ3) is 5.43. The molecule has 0 saturated carbocycles. The van der Waals surface area contributed by atoms with Crippen molar-refractivity contribution in [3.8, 4) is 0 Å². The molecule has 1 nitrogen and oxygen atoms in total. The summed E-state index contributed by atoms with van der Waals surface area (Å²) in [6.45, 7) is 0. The average molecular weight is 363 g/mol. The van der Waals surface area contributed by atoms with Crippen LogP contribution < -0.4 is 5.73 Å². The molecule has 0 aliphatic rings. The van der Waals surface area contributed by atoms with Gasteiger partial charge in [-0.05, 0) is 49.7 Å². The summed E-state index contributed by atoms with van der Waals surface area (Å²) in [5.74, 6) is 0. The van der Waals surface area contributed by atoms with Gasteiger partial charge in [0, 0.05) is 16.3 Å². The van der Waals surface area contributed by atoms with Crippen LogP contribution in [0.4, 0.5) is 5.69 Å². The number of nitrogens with two attached hydrogens (primary N) is 1. The normalized spacial score (nSPS) is 10.7. The molecule has 1 rings (SSSR count). The predicted octanol–water partition coefficient (Wildman–Crippen LogP) is 4.70. The van der Waals surface area contributed by atoms with Gasteiger partial charge in [-0.15, -0.1) is 0 Å². The fourth-order valence-corrected chi connectivity index (χ4v) is 2.72. The number of para-hydroxylation sites is 1. The van der Waals surface area contributed by atoms with Gasteiger partial charge in [0.25, 0.3) is 0 Å². The van der Waals surface area contributed by atoms with Gasteiger partial charge in [-0.25, -0.2) is 0 Å². The molecule has 2 N–H and O–H groups in total. The zero-order valence-electron chi connectivity index (χ0n) is 10.2. The Morgan fingerprint density at radius 3 is 1.71 bits per heavy atom. The van der Waals surface area contributed by atoms with Crippen molar-refractivity contribution in [2.45, 2.75) is 38.5 Å². The molecule has 0 heterocycles. The van der Waals surface area contributed by atoms with Crippen molar-refractivity contribution in [3.05, 3.63) is 29.3 Å². The summed E-state index contributed by atoms with van der Waals surface area (Å²) in [6.07, 6.45) is 7.05. The standard InChI is InChI=1S/C14H21Br2N/c15-10-3-1-6-12-8-5-9-13(14(12)17)7-2-4-11-16/h5,8-9H,1-4,6-7,10-11,17H2. The van der Waals surface area contributed by atoms with Gasteiger partial charge in [-0.3, -0.25) is 0 Å². The molecular weight excluding hydrogens is 342 g/mol. The lowest BCUT2D eigenvalue weighted by molar-refractivity contribution is 0.793. The van der Waals surface area contributed by atoms with E-state index in [1.165, 1.54) is 36.8 Å². The van der Waals surface area contributed by atoms with Crippen molar-refractivity contribution in [3.63, 3.8) is 0 Å². The zero-order valence-corrected chi connectivity index (χ0v) is 13.4. The number of nitrogen functional groups attached to an aromatic ring is 1. The second-order valence-corrected chi connectivity index (χ2v) is 5.87. The van der Waals surface area contributed by atoms with E-state index in [2.05, 4.69) is 50.1 Å². The first-order valence-electron chi connectivity index (χ1n) is 6.27. The fourth-order valence-electron chi connectivity index (χ4n) is 1.92. The lowest BCUT2D eigenvalue weighted by Crippen LogP contribution is -2.00. The van der Waals surface area contributed by atoms with Gasteiger partial charge in [0.1, 0.15) is 0 Å². The SMILES string of the molecule is Nc1c(CCCCBr)cccc1CCCCBr. The van der Waals surface area contributed by atoms with Crippen molar-refractivity contribution in [1.29, 1.82) is 0 Å². The molecule has 17 heavy (non-hydrogen) atoms. The first-order chi connectivity index (χ1) is 8.29. The number of rotatable bonds is 8. The minimum Gasteiger partial charge on any atom is -0.398 e. The van der Waals surface area contributed by atoms with Crippen LogP contribution in [0, 0.1) is 0 Å². The highest BCUT2D eigenvalue weighted by Gasteiger charge is 2.04. The number of unbranched alkanes of at least 4 members (excludes halogenated alkanes) is 2. The first-order valence-corrected chi connectivity index (χ1v) is 8.52. The Bertz CT molecular complexity index is 298. The molecule has 0 spiro atoms. The van der Waals surface area contributed by atoms with Crippen molar-refractivity contribution in [1.82, 2.24) is 0 Å². The van der Waals surface area contributed by atoms with Crippen LogP contribution in [0.2, 0.25) is 0 Å². The molecule has 96 valence electrons. The van der Waals surface area contributed by atoms with Gasteiger partial charge in [-0.1, -0.05) is 50.1 Å². The zero-order chi connectivity index (χ0) is 12.5. The summed E-state index contributed by atoms with van der Waals surface area (Å²) in [5, 5.41) is 2.16. The molecule has 1 aromatic rings. The highest BCUT2D eigenvalue weighted by molar-refractivity contribution is 9.09. The Labute approximate surface area is 121 Å². The number of benzene rings is 1. The molecule has 0 aliphatic carbocycles. The van der Waals surface area contributed by atoms with E-state index in [0.717, 1.165) is 29.2 Å². The second-order valence-electron chi connectivity index (χ2n) is 4.28. The van der Waals surface area contributed by atoms with Gasteiger partial charge in [0.2, 0.25) is 0 Å². The summed E-state index contributed by atoms with van der Waals surface area (Å²) < 4.78 is 0. The van der Waals surface area contributed by atoms with Crippen LogP contribution in [-0.2, 0) is 12.8 Å². The van der Waals surface area contributed by atoms with Crippen LogP contribution in [0.1, 0.15) is 36.8 Å². The van der Waals surface area contributed by atoms with E-state index in [1.807, 2.05) is 0 Å². The summed E-state index contributed by atoms with van der Waals surface area (Å²) >= 11 is 6.92. The minimum absolute atomic E-state index is 1.02. The summed E-state index contributed by atoms with van der Waals surface area (Å²) in [4.78, 5) is 0. The molecule has 0 aromatic heterocycles. The maximum absolute atomic E-state index is 6.22. The van der Waals surface area contributed by atoms with Crippen molar-refractivity contribution >= 4 is 37.5 Å². The molecule has 0 bridgehead atoms. The number of alkyl halides is 2. The third-order valence-electron chi connectivity index (χ3n) is 2.95. The fraction of sp³-hybridized carbons (Fsp3) is 0.571. The van der Waals surface area contributed by atoms with Crippen LogP contribution in [0.3, 0.4) is 0 Å². The number of hydrogen-bond donors (Lipinski definition) is 1. The number of halogens is 2. The van der Waals surface area contributed by atoms with E-state index in [9.17, 15) is 0 Å². The molecule has 3 heteroatoms. The molecule has 0 fully saturated rings. The number of anilines is 1. The van der Waals surface area contributed by atoms with E-state index in [-0.39, 0.29) is 0 Å². The Morgan fingerprint density at radius 2 is 1.29 bits per heavy atom. The molecule has 0 saturated heterocycles. The van der Waals surface area contributed by atoms with Gasteiger partial charge in [-0.2, -0.15) is 0 Å². The third-order valence-corrected chi connectivity index (χ3v) is 4.07. The van der Waals surface area contributed by atoms with Gasteiger partial charge < -0.3 is 5.73 Å². The van der Waals surface area contributed by atoms with Crippen LogP contribution in [-0.4, -0.2) is 10.7 Å². The first kappa shape index (κ1) is 15.0. The maximum Gasteiger partial charge on any atom is 0.0379 e. The van der Waals surface area contributed by atoms with Gasteiger partial charge >= 0.3 is 0 Å². The molecule has 0 amide bonds. The number of hydrogen-bond acceptors (Lipinski definition) is 1. The summed E-state index contributed by atoms with van der Waals surface area (Å²) in [7, 11) is 0. The molecule has 0 aliphatic heterocycles. The Balaban J connectivity index is 2.56. The maximum atomic E-state index is 6.22. The molecule has 0 radical (unpaired) electrons. The lowest BCUT2D eigenvalue weighted by Gasteiger charge is -2.10. The second kappa shape index (κ2) is 8.98. The average Bonchev–Trinajstić information content (AvgIpc) is 2.34. The van der Waals surface area contributed by atoms with E-state index in [4.69, 9.17) is 5.73 Å². The molecule has 1 aromatic carbocycles. The van der Waals surface area contributed by atoms with Crippen LogP contribution in [0.15, 0.2) is 18.2 Å². The van der Waals surface area contributed by atoms with Crippen LogP contribution in [0.25, 0.3) is 0 Å². The topological polar surface area (TPSA) is 26.0 Å². The van der Waals surface area contributed by atoms with Gasteiger partial charge in [0.05, 0.1) is 0 Å². The van der Waals surface area contributed by atoms with Crippen molar-refractivity contribution in [2.75, 3.05) is 16.4 Å². The summed E-state index contributed by atoms with van der Waals surface area (Å²) in [5.41, 5.74) is 9.89. The smallest absolute Gasteiger partial charge is 0.0379 e. The van der Waals surface area contributed by atoms with E-state index in [0.29, 0.717) is 0 Å². The van der Waals surface area contributed by atoms with E-state index < -0.39 is 0 Å². The van der Waals surface area contributed by atoms with E-state index >= 15 is 0 Å². The lowest BCUT2D eigenvalue weighted by atomic mass is 9.99. The highest BCUT2D eigenvalue weighted by Crippen LogP contribution is 2.21. The Kier molecular flexibility index (Phi) is 7.95. The number of aryl methyl sites for hydroxylation is 2. The predicted molar refractivity (Wildman–Crippen MR) is 84.3 cm³/mol. The van der Waals surface area contributed by atoms with Crippen molar-refractivity contribution in [2.24, 2.45) is 0 Å². The van der Waals surface area contributed by atoms with Gasteiger partial charge in [0.15, 0.2) is 0 Å². The van der Waals surface area contributed by atoms with Crippen LogP contribution in [0.5, 0.6) is 0 Å². The Morgan fingerprint density at radius 1 is 0.824 bits per heavy atom. The molecular formula is C14H21Br2N. The van der Waals surface area contributed by atoms with Crippen molar-refractivity contribution < 1.29 is 0 Å². The molecule has 0 atom stereocenters. The Hall–Kier alpha value is -0.0200. The summed E-state index contributed by atoms with van der Waals surface area (Å²) in [6, 6.07) is 6.47. The molecule has 0 unspecified atom stereocenters. The largest absolute Gasteiger partial charge is 0.398 e.